The van der Waals surface area contributed by atoms with E-state index in [1.807, 2.05) is 0 Å². The lowest BCUT2D eigenvalue weighted by atomic mass is 10.4. The highest BCUT2D eigenvalue weighted by atomic mass is 32.2. The lowest BCUT2D eigenvalue weighted by molar-refractivity contribution is 0.603. The molecule has 0 rings (SSSR count). The molecule has 0 radical (unpaired) electrons. The number of rotatable bonds is 2. The average Bonchev–Trinajstić information content (AvgIpc) is 2.01. The fraction of sp³-hybridized carbons (Fsp3) is 0.333. The molecular weight excluding hydrogens is 208 g/mol. The van der Waals surface area contributed by atoms with Crippen LogP contribution in [0.3, 0.4) is 0 Å². The van der Waals surface area contributed by atoms with Crippen molar-refractivity contribution in [3.05, 3.63) is 24.3 Å². The van der Waals surface area contributed by atoms with Crippen molar-refractivity contribution in [1.82, 2.24) is 0 Å². The van der Waals surface area contributed by atoms with Crippen LogP contribution in [0.25, 0.3) is 0 Å². The molecule has 0 saturated carbocycles. The molecule has 0 aromatic carbocycles. The van der Waals surface area contributed by atoms with E-state index in [4.69, 9.17) is 0 Å². The Balaban J connectivity index is 4.38. The molecule has 0 aliphatic heterocycles. The van der Waals surface area contributed by atoms with Crippen LogP contribution >= 0.6 is 0 Å². The Labute approximate surface area is 92.0 Å². The maximum absolute atomic E-state index is 11.3. The van der Waals surface area contributed by atoms with Gasteiger partial charge in [-0.25, -0.2) is 8.42 Å². The Morgan fingerprint density at radius 3 is 1.60 bits per heavy atom. The van der Waals surface area contributed by atoms with Crippen molar-refractivity contribution in [1.29, 1.82) is 0 Å². The van der Waals surface area contributed by atoms with E-state index in [1.165, 1.54) is 0 Å². The molecule has 0 aromatic heterocycles. The molecule has 0 aromatic rings. The fourth-order valence-corrected chi connectivity index (χ4v) is 1.33. The summed E-state index contributed by atoms with van der Waals surface area (Å²) in [5, 5.41) is 0. The number of hydrogen-bond donors (Lipinski definition) is 0. The van der Waals surface area contributed by atoms with Gasteiger partial charge in [0, 0.05) is 0 Å². The van der Waals surface area contributed by atoms with Gasteiger partial charge in [-0.2, -0.15) is 0 Å². The Kier molecular flexibility index (Phi) is 5.52. The molecule has 0 atom stereocenters. The van der Waals surface area contributed by atoms with E-state index in [0.717, 1.165) is 0 Å². The topological polar surface area (TPSA) is 34.1 Å². The number of hydrogen-bond acceptors (Lipinski definition) is 2. The summed E-state index contributed by atoms with van der Waals surface area (Å²) in [7, 11) is -3.20. The summed E-state index contributed by atoms with van der Waals surface area (Å²) in [5.41, 5.74) is 1.30. The van der Waals surface area contributed by atoms with Crippen LogP contribution in [-0.2, 0) is 9.84 Å². The van der Waals surface area contributed by atoms with E-state index in [1.54, 1.807) is 13.8 Å². The average molecular weight is 222 g/mol. The molecule has 0 saturated heterocycles. The van der Waals surface area contributed by atoms with Crippen LogP contribution in [0.2, 0.25) is 0 Å². The molecule has 0 heterocycles. The highest BCUT2D eigenvalue weighted by Crippen LogP contribution is 1.90. The maximum atomic E-state index is 11.3. The van der Waals surface area contributed by atoms with Crippen LogP contribution < -0.4 is 0 Å². The molecular formula is C12H14O2S. The normalized spacial score (nSPS) is 9.20. The zero-order valence-electron chi connectivity index (χ0n) is 9.05. The molecule has 0 fully saturated rings. The first-order valence-corrected chi connectivity index (χ1v) is 6.15. The van der Waals surface area contributed by atoms with Crippen molar-refractivity contribution in [2.24, 2.45) is 0 Å². The predicted molar refractivity (Wildman–Crippen MR) is 63.8 cm³/mol. The largest absolute Gasteiger partial charge is 0.227 e. The first-order valence-electron chi connectivity index (χ1n) is 4.32. The van der Waals surface area contributed by atoms with Gasteiger partial charge < -0.3 is 0 Å². The van der Waals surface area contributed by atoms with E-state index < -0.39 is 9.84 Å². The van der Waals surface area contributed by atoms with Crippen LogP contribution in [0.5, 0.6) is 0 Å². The molecule has 2 nitrogen and oxygen atoms in total. The van der Waals surface area contributed by atoms with Gasteiger partial charge in [0.2, 0.25) is 0 Å². The first kappa shape index (κ1) is 13.5. The van der Waals surface area contributed by atoms with Gasteiger partial charge in [0.25, 0.3) is 0 Å². The van der Waals surface area contributed by atoms with Gasteiger partial charge in [-0.3, -0.25) is 0 Å². The molecule has 80 valence electrons. The quantitative estimate of drug-likeness (QED) is 0.664. The van der Waals surface area contributed by atoms with Crippen LogP contribution in [0.15, 0.2) is 24.3 Å². The van der Waals surface area contributed by atoms with Crippen LogP contribution in [0.4, 0.5) is 0 Å². The van der Waals surface area contributed by atoms with Gasteiger partial charge in [-0.05, 0) is 25.0 Å². The zero-order chi connectivity index (χ0) is 11.9. The highest BCUT2D eigenvalue weighted by molar-refractivity contribution is 7.91. The second kappa shape index (κ2) is 6.11. The van der Waals surface area contributed by atoms with Gasteiger partial charge in [0.15, 0.2) is 9.84 Å². The van der Waals surface area contributed by atoms with Crippen molar-refractivity contribution in [3.8, 4) is 23.7 Å². The molecule has 0 spiro atoms. The van der Waals surface area contributed by atoms with Crippen molar-refractivity contribution >= 4 is 9.84 Å². The molecule has 3 heteroatoms. The van der Waals surface area contributed by atoms with Gasteiger partial charge in [-0.1, -0.05) is 36.8 Å². The Bertz CT molecular complexity index is 433. The standard InChI is InChI=1S/C12H14O2S/c1-11(2)7-5-9-15(13,14)10-6-8-12(3)4/h1,3,9-10H2,2,4H3. The second-order valence-electron chi connectivity index (χ2n) is 3.20. The molecule has 0 bridgehead atoms. The third-order valence-corrected chi connectivity index (χ3v) is 2.36. The minimum Gasteiger partial charge on any atom is -0.227 e. The molecule has 0 aliphatic carbocycles. The Hall–Kier alpha value is -1.45. The predicted octanol–water partition coefficient (Wildman–Crippen LogP) is 1.56. The van der Waals surface area contributed by atoms with E-state index in [9.17, 15) is 8.42 Å². The number of allylic oxidation sites excluding steroid dienone is 2. The van der Waals surface area contributed by atoms with Crippen molar-refractivity contribution in [2.45, 2.75) is 13.8 Å². The van der Waals surface area contributed by atoms with Crippen molar-refractivity contribution < 1.29 is 8.42 Å². The smallest absolute Gasteiger partial charge is 0.172 e. The third-order valence-electron chi connectivity index (χ3n) is 1.19. The first-order chi connectivity index (χ1) is 6.83. The minimum atomic E-state index is -3.20. The van der Waals surface area contributed by atoms with Gasteiger partial charge in [0.1, 0.15) is 11.5 Å². The maximum Gasteiger partial charge on any atom is 0.172 e. The SMILES string of the molecule is C=C(C)C#CCS(=O)(=O)CC#CC(=C)C. The van der Waals surface area contributed by atoms with Crippen molar-refractivity contribution in [3.63, 3.8) is 0 Å². The van der Waals surface area contributed by atoms with Crippen molar-refractivity contribution in [2.75, 3.05) is 11.5 Å². The molecule has 0 N–H and O–H groups in total. The summed E-state index contributed by atoms with van der Waals surface area (Å²) in [4.78, 5) is 0. The second-order valence-corrected chi connectivity index (χ2v) is 5.26. The summed E-state index contributed by atoms with van der Waals surface area (Å²) in [6.07, 6.45) is 0. The van der Waals surface area contributed by atoms with Crippen LogP contribution in [0.1, 0.15) is 13.8 Å². The molecule has 0 aliphatic rings. The highest BCUT2D eigenvalue weighted by Gasteiger charge is 2.05. The minimum absolute atomic E-state index is 0.176. The summed E-state index contributed by atoms with van der Waals surface area (Å²) < 4.78 is 22.7. The van der Waals surface area contributed by atoms with E-state index in [2.05, 4.69) is 36.8 Å². The summed E-state index contributed by atoms with van der Waals surface area (Å²) in [6, 6.07) is 0. The van der Waals surface area contributed by atoms with E-state index in [0.29, 0.717) is 11.1 Å². The molecule has 0 amide bonds. The monoisotopic (exact) mass is 222 g/mol. The zero-order valence-corrected chi connectivity index (χ0v) is 9.87. The summed E-state index contributed by atoms with van der Waals surface area (Å²) in [5.74, 6) is 9.94. The van der Waals surface area contributed by atoms with Gasteiger partial charge in [-0.15, -0.1) is 0 Å². The number of sulfone groups is 1. The molecule has 15 heavy (non-hydrogen) atoms. The molecule has 0 unspecified atom stereocenters. The summed E-state index contributed by atoms with van der Waals surface area (Å²) in [6.45, 7) is 10.5. The van der Waals surface area contributed by atoms with Crippen LogP contribution in [-0.4, -0.2) is 19.9 Å². The third kappa shape index (κ3) is 8.87. The van der Waals surface area contributed by atoms with Gasteiger partial charge in [0.05, 0.1) is 0 Å². The summed E-state index contributed by atoms with van der Waals surface area (Å²) >= 11 is 0. The fourth-order valence-electron chi connectivity index (χ4n) is 0.645. The lowest BCUT2D eigenvalue weighted by Gasteiger charge is -1.91. The van der Waals surface area contributed by atoms with Crippen LogP contribution in [0, 0.1) is 23.7 Å². The Morgan fingerprint density at radius 1 is 1.00 bits per heavy atom. The Morgan fingerprint density at radius 2 is 1.33 bits per heavy atom. The van der Waals surface area contributed by atoms with E-state index >= 15 is 0 Å². The lowest BCUT2D eigenvalue weighted by Crippen LogP contribution is -2.08. The van der Waals surface area contributed by atoms with E-state index in [-0.39, 0.29) is 11.5 Å². The van der Waals surface area contributed by atoms with Gasteiger partial charge >= 0.3 is 0 Å².